The highest BCUT2D eigenvalue weighted by atomic mass is 16.3. The lowest BCUT2D eigenvalue weighted by Gasteiger charge is -2.31. The Kier molecular flexibility index (Phi) is 3.88. The fourth-order valence-corrected chi connectivity index (χ4v) is 3.11. The zero-order valence-electron chi connectivity index (χ0n) is 12.0. The lowest BCUT2D eigenvalue weighted by molar-refractivity contribution is 0.142. The molecule has 2 unspecified atom stereocenters. The summed E-state index contributed by atoms with van der Waals surface area (Å²) >= 11 is 0. The maximum Gasteiger partial charge on any atom is 0.0549 e. The van der Waals surface area contributed by atoms with Crippen molar-refractivity contribution in [3.8, 4) is 0 Å². The van der Waals surface area contributed by atoms with E-state index < -0.39 is 0 Å². The Labute approximate surface area is 121 Å². The second-order valence-corrected chi connectivity index (χ2v) is 6.01. The Hall–Kier alpha value is -1.60. The summed E-state index contributed by atoms with van der Waals surface area (Å²) in [4.78, 5) is 0. The van der Waals surface area contributed by atoms with E-state index >= 15 is 0 Å². The molecule has 3 rings (SSSR count). The molecular formula is C19H22O. The van der Waals surface area contributed by atoms with Crippen LogP contribution in [0.15, 0.2) is 48.5 Å². The normalized spacial score (nSPS) is 18.2. The predicted molar refractivity (Wildman–Crippen MR) is 83.0 cm³/mol. The molecule has 1 nitrogen and oxygen atoms in total. The molecule has 0 aliphatic heterocycles. The van der Waals surface area contributed by atoms with Crippen LogP contribution < -0.4 is 0 Å². The summed E-state index contributed by atoms with van der Waals surface area (Å²) in [6.45, 7) is 2.10. The molecule has 1 heteroatoms. The molecular weight excluding hydrogens is 244 g/mol. The van der Waals surface area contributed by atoms with Crippen LogP contribution in [0.4, 0.5) is 0 Å². The van der Waals surface area contributed by atoms with Gasteiger partial charge in [-0.3, -0.25) is 0 Å². The minimum atomic E-state index is -0.186. The molecule has 0 bridgehead atoms. The average molecular weight is 266 g/mol. The Morgan fingerprint density at radius 2 is 1.85 bits per heavy atom. The molecule has 0 radical (unpaired) electrons. The standard InChI is InChI=1S/C19H22O/c1-14-6-8-15(9-7-14)10-11-18(20)13-17-12-16-4-2-3-5-19(16)17/h2-9,17-18,20H,10-13H2,1H3. The molecule has 1 aliphatic rings. The molecule has 1 aliphatic carbocycles. The van der Waals surface area contributed by atoms with Gasteiger partial charge >= 0.3 is 0 Å². The highest BCUT2D eigenvalue weighted by Crippen LogP contribution is 2.38. The zero-order valence-corrected chi connectivity index (χ0v) is 12.0. The topological polar surface area (TPSA) is 20.2 Å². The van der Waals surface area contributed by atoms with E-state index in [1.54, 1.807) is 0 Å². The summed E-state index contributed by atoms with van der Waals surface area (Å²) in [5.41, 5.74) is 5.52. The Morgan fingerprint density at radius 3 is 2.60 bits per heavy atom. The fourth-order valence-electron chi connectivity index (χ4n) is 3.11. The number of hydrogen-bond acceptors (Lipinski definition) is 1. The highest BCUT2D eigenvalue weighted by molar-refractivity contribution is 5.39. The molecule has 0 amide bonds. The summed E-state index contributed by atoms with van der Waals surface area (Å²) in [5.74, 6) is 0.569. The Balaban J connectivity index is 1.49. The Bertz CT molecular complexity index is 571. The van der Waals surface area contributed by atoms with Crippen molar-refractivity contribution >= 4 is 0 Å². The van der Waals surface area contributed by atoms with Gasteiger partial charge in [0.05, 0.1) is 6.10 Å². The number of benzene rings is 2. The first-order valence-electron chi connectivity index (χ1n) is 7.54. The van der Waals surface area contributed by atoms with E-state index in [0.717, 1.165) is 25.7 Å². The van der Waals surface area contributed by atoms with Crippen molar-refractivity contribution < 1.29 is 5.11 Å². The maximum absolute atomic E-state index is 10.2. The summed E-state index contributed by atoms with van der Waals surface area (Å²) in [5, 5.41) is 10.2. The van der Waals surface area contributed by atoms with E-state index in [1.807, 2.05) is 0 Å². The van der Waals surface area contributed by atoms with Gasteiger partial charge in [-0.2, -0.15) is 0 Å². The van der Waals surface area contributed by atoms with Crippen molar-refractivity contribution in [3.63, 3.8) is 0 Å². The van der Waals surface area contributed by atoms with Crippen molar-refractivity contribution in [2.45, 2.75) is 44.6 Å². The quantitative estimate of drug-likeness (QED) is 0.866. The van der Waals surface area contributed by atoms with Crippen LogP contribution in [0.3, 0.4) is 0 Å². The van der Waals surface area contributed by atoms with Crippen molar-refractivity contribution in [1.82, 2.24) is 0 Å². The summed E-state index contributed by atoms with van der Waals surface area (Å²) in [6.07, 6.45) is 3.69. The minimum Gasteiger partial charge on any atom is -0.393 e. The minimum absolute atomic E-state index is 0.186. The SMILES string of the molecule is Cc1ccc(CCC(O)CC2Cc3ccccc32)cc1. The van der Waals surface area contributed by atoms with E-state index in [2.05, 4.69) is 55.5 Å². The van der Waals surface area contributed by atoms with Crippen LogP contribution in [0.2, 0.25) is 0 Å². The number of aryl methyl sites for hydroxylation is 2. The van der Waals surface area contributed by atoms with Crippen molar-refractivity contribution in [1.29, 1.82) is 0 Å². The number of fused-ring (bicyclic) bond motifs is 1. The van der Waals surface area contributed by atoms with Crippen LogP contribution in [-0.2, 0) is 12.8 Å². The van der Waals surface area contributed by atoms with Gasteiger partial charge in [0.2, 0.25) is 0 Å². The van der Waals surface area contributed by atoms with Crippen LogP contribution in [0.5, 0.6) is 0 Å². The van der Waals surface area contributed by atoms with E-state index in [1.165, 1.54) is 22.3 Å². The van der Waals surface area contributed by atoms with Gasteiger partial charge in [0.15, 0.2) is 0 Å². The van der Waals surface area contributed by atoms with Gasteiger partial charge in [0.25, 0.3) is 0 Å². The largest absolute Gasteiger partial charge is 0.393 e. The number of hydrogen-bond donors (Lipinski definition) is 1. The molecule has 0 spiro atoms. The van der Waals surface area contributed by atoms with Crippen LogP contribution >= 0.6 is 0 Å². The van der Waals surface area contributed by atoms with E-state index in [-0.39, 0.29) is 6.10 Å². The fraction of sp³-hybridized carbons (Fsp3) is 0.368. The van der Waals surface area contributed by atoms with Gasteiger partial charge in [-0.15, -0.1) is 0 Å². The van der Waals surface area contributed by atoms with Gasteiger partial charge in [-0.1, -0.05) is 54.1 Å². The number of aliphatic hydroxyl groups excluding tert-OH is 1. The van der Waals surface area contributed by atoms with Gasteiger partial charge in [-0.05, 0) is 55.2 Å². The van der Waals surface area contributed by atoms with Gasteiger partial charge in [0, 0.05) is 0 Å². The molecule has 0 heterocycles. The molecule has 0 saturated heterocycles. The summed E-state index contributed by atoms with van der Waals surface area (Å²) in [6, 6.07) is 17.2. The third kappa shape index (κ3) is 2.94. The summed E-state index contributed by atoms with van der Waals surface area (Å²) in [7, 11) is 0. The number of rotatable bonds is 5. The molecule has 104 valence electrons. The summed E-state index contributed by atoms with van der Waals surface area (Å²) < 4.78 is 0. The van der Waals surface area contributed by atoms with E-state index in [9.17, 15) is 5.11 Å². The first-order chi connectivity index (χ1) is 9.72. The van der Waals surface area contributed by atoms with Gasteiger partial charge in [-0.25, -0.2) is 0 Å². The lowest BCUT2D eigenvalue weighted by Crippen LogP contribution is -2.22. The number of aliphatic hydroxyl groups is 1. The molecule has 0 aromatic heterocycles. The van der Waals surface area contributed by atoms with Crippen LogP contribution in [0, 0.1) is 6.92 Å². The molecule has 2 aromatic carbocycles. The average Bonchev–Trinajstić information content (AvgIpc) is 2.44. The highest BCUT2D eigenvalue weighted by Gasteiger charge is 2.27. The second-order valence-electron chi connectivity index (χ2n) is 6.01. The molecule has 0 saturated carbocycles. The van der Waals surface area contributed by atoms with Gasteiger partial charge < -0.3 is 5.11 Å². The van der Waals surface area contributed by atoms with Crippen LogP contribution in [0.1, 0.15) is 41.0 Å². The van der Waals surface area contributed by atoms with Crippen molar-refractivity contribution in [3.05, 3.63) is 70.8 Å². The second kappa shape index (κ2) is 5.80. The molecule has 20 heavy (non-hydrogen) atoms. The third-order valence-electron chi connectivity index (χ3n) is 4.40. The monoisotopic (exact) mass is 266 g/mol. The van der Waals surface area contributed by atoms with Crippen molar-refractivity contribution in [2.24, 2.45) is 0 Å². The Morgan fingerprint density at radius 1 is 1.10 bits per heavy atom. The van der Waals surface area contributed by atoms with E-state index in [0.29, 0.717) is 5.92 Å². The van der Waals surface area contributed by atoms with Gasteiger partial charge in [0.1, 0.15) is 0 Å². The zero-order chi connectivity index (χ0) is 13.9. The van der Waals surface area contributed by atoms with Crippen LogP contribution in [-0.4, -0.2) is 11.2 Å². The first-order valence-corrected chi connectivity index (χ1v) is 7.54. The van der Waals surface area contributed by atoms with Crippen molar-refractivity contribution in [2.75, 3.05) is 0 Å². The van der Waals surface area contributed by atoms with Crippen LogP contribution in [0.25, 0.3) is 0 Å². The molecule has 2 atom stereocenters. The molecule has 2 aromatic rings. The molecule has 1 N–H and O–H groups in total. The third-order valence-corrected chi connectivity index (χ3v) is 4.40. The lowest BCUT2D eigenvalue weighted by atomic mass is 9.74. The predicted octanol–water partition coefficient (Wildman–Crippen LogP) is 4.02. The molecule has 0 fully saturated rings. The maximum atomic E-state index is 10.2. The smallest absolute Gasteiger partial charge is 0.0549 e. The first kappa shape index (κ1) is 13.4. The van der Waals surface area contributed by atoms with E-state index in [4.69, 9.17) is 0 Å².